The van der Waals surface area contributed by atoms with Gasteiger partial charge in [-0.2, -0.15) is 5.10 Å². The van der Waals surface area contributed by atoms with Crippen LogP contribution in [0.5, 0.6) is 0 Å². The summed E-state index contributed by atoms with van der Waals surface area (Å²) < 4.78 is 0. The summed E-state index contributed by atoms with van der Waals surface area (Å²) in [5.41, 5.74) is 2.15. The predicted octanol–water partition coefficient (Wildman–Crippen LogP) is 3.03. The minimum atomic E-state index is -0.496. The predicted molar refractivity (Wildman–Crippen MR) is 81.9 cm³/mol. The Balaban J connectivity index is 1.87. The highest BCUT2D eigenvalue weighted by Crippen LogP contribution is 2.21. The van der Waals surface area contributed by atoms with E-state index in [-0.39, 0.29) is 11.3 Å². The molecule has 0 saturated carbocycles. The van der Waals surface area contributed by atoms with Crippen molar-refractivity contribution in [2.24, 2.45) is 0 Å². The molecule has 3 aromatic rings. The number of H-pyrrole nitrogens is 1. The van der Waals surface area contributed by atoms with Gasteiger partial charge in [0, 0.05) is 28.3 Å². The highest BCUT2D eigenvalue weighted by molar-refractivity contribution is 6.05. The van der Waals surface area contributed by atoms with Gasteiger partial charge in [-0.15, -0.1) is 0 Å². The lowest BCUT2D eigenvalue weighted by atomic mass is 10.1. The number of nitrogens with zero attached hydrogens (tertiary/aromatic N) is 2. The first kappa shape index (κ1) is 13.7. The number of aromatic nitrogens is 2. The average Bonchev–Trinajstić information content (AvgIpc) is 2.94. The molecule has 0 aliphatic carbocycles. The maximum Gasteiger partial charge on any atom is 0.273 e. The van der Waals surface area contributed by atoms with Crippen LogP contribution in [0.2, 0.25) is 0 Å². The van der Waals surface area contributed by atoms with E-state index in [2.05, 4.69) is 15.5 Å². The second-order valence-corrected chi connectivity index (χ2v) is 4.88. The Morgan fingerprint density at radius 3 is 2.86 bits per heavy atom. The van der Waals surface area contributed by atoms with Crippen molar-refractivity contribution in [3.05, 3.63) is 63.8 Å². The Hall–Kier alpha value is -3.22. The molecule has 0 unspecified atom stereocenters. The standard InChI is InChI=1S/C15H12N4O3/c1-9-2-3-10(7-14(9)19(21)22)15(20)17-12-4-5-13-11(6-12)8-16-18-13/h2-8H,1H3,(H,16,18)(H,17,20). The molecule has 0 aliphatic rings. The summed E-state index contributed by atoms with van der Waals surface area (Å²) in [6, 6.07) is 9.72. The molecule has 1 amide bonds. The van der Waals surface area contributed by atoms with Crippen LogP contribution in [0.1, 0.15) is 15.9 Å². The summed E-state index contributed by atoms with van der Waals surface area (Å²) >= 11 is 0. The third-order valence-corrected chi connectivity index (χ3v) is 3.37. The Bertz CT molecular complexity index is 885. The van der Waals surface area contributed by atoms with Crippen LogP contribution >= 0.6 is 0 Å². The monoisotopic (exact) mass is 296 g/mol. The zero-order valence-electron chi connectivity index (χ0n) is 11.7. The fraction of sp³-hybridized carbons (Fsp3) is 0.0667. The molecule has 3 rings (SSSR count). The first-order chi connectivity index (χ1) is 10.5. The molecule has 7 nitrogen and oxygen atoms in total. The number of nitrogens with one attached hydrogen (secondary N) is 2. The van der Waals surface area contributed by atoms with E-state index in [1.165, 1.54) is 6.07 Å². The number of anilines is 1. The Labute approximate surface area is 125 Å². The number of hydrogen-bond acceptors (Lipinski definition) is 4. The van der Waals surface area contributed by atoms with Gasteiger partial charge in [0.2, 0.25) is 0 Å². The molecule has 1 aromatic heterocycles. The van der Waals surface area contributed by atoms with Gasteiger partial charge in [0.15, 0.2) is 0 Å². The van der Waals surface area contributed by atoms with Gasteiger partial charge in [-0.25, -0.2) is 0 Å². The minimum Gasteiger partial charge on any atom is -0.322 e. The Morgan fingerprint density at radius 2 is 2.09 bits per heavy atom. The number of aryl methyl sites for hydroxylation is 1. The lowest BCUT2D eigenvalue weighted by Crippen LogP contribution is -2.12. The molecule has 0 bridgehead atoms. The lowest BCUT2D eigenvalue weighted by molar-refractivity contribution is -0.385. The maximum atomic E-state index is 12.2. The summed E-state index contributed by atoms with van der Waals surface area (Å²) in [6.45, 7) is 1.63. The first-order valence-corrected chi connectivity index (χ1v) is 6.54. The van der Waals surface area contributed by atoms with Crippen LogP contribution in [0.25, 0.3) is 10.9 Å². The normalized spacial score (nSPS) is 10.6. The largest absolute Gasteiger partial charge is 0.322 e. The number of fused-ring (bicyclic) bond motifs is 1. The number of amides is 1. The van der Waals surface area contributed by atoms with Crippen molar-refractivity contribution in [3.63, 3.8) is 0 Å². The van der Waals surface area contributed by atoms with Crippen LogP contribution in [0.15, 0.2) is 42.6 Å². The zero-order chi connectivity index (χ0) is 15.7. The fourth-order valence-electron chi connectivity index (χ4n) is 2.17. The molecule has 2 N–H and O–H groups in total. The number of rotatable bonds is 3. The molecule has 0 aliphatic heterocycles. The van der Waals surface area contributed by atoms with Gasteiger partial charge in [-0.3, -0.25) is 20.0 Å². The fourth-order valence-corrected chi connectivity index (χ4v) is 2.17. The van der Waals surface area contributed by atoms with Gasteiger partial charge in [-0.05, 0) is 31.2 Å². The topological polar surface area (TPSA) is 101 Å². The lowest BCUT2D eigenvalue weighted by Gasteiger charge is -2.06. The number of nitro benzene ring substituents is 1. The summed E-state index contributed by atoms with van der Waals surface area (Å²) in [4.78, 5) is 22.7. The van der Waals surface area contributed by atoms with Crippen LogP contribution in [-0.4, -0.2) is 21.0 Å². The summed E-state index contributed by atoms with van der Waals surface area (Å²) in [5, 5.41) is 21.3. The smallest absolute Gasteiger partial charge is 0.273 e. The van der Waals surface area contributed by atoms with E-state index < -0.39 is 10.8 Å². The second-order valence-electron chi connectivity index (χ2n) is 4.88. The maximum absolute atomic E-state index is 12.2. The molecule has 0 atom stereocenters. The third kappa shape index (κ3) is 2.51. The van der Waals surface area contributed by atoms with E-state index in [1.807, 2.05) is 0 Å². The Kier molecular flexibility index (Phi) is 3.30. The van der Waals surface area contributed by atoms with Crippen molar-refractivity contribution in [2.45, 2.75) is 6.92 Å². The van der Waals surface area contributed by atoms with Crippen LogP contribution in [0.4, 0.5) is 11.4 Å². The van der Waals surface area contributed by atoms with Gasteiger partial charge < -0.3 is 5.32 Å². The van der Waals surface area contributed by atoms with Gasteiger partial charge in [-0.1, -0.05) is 6.07 Å². The molecular formula is C15H12N4O3. The van der Waals surface area contributed by atoms with E-state index >= 15 is 0 Å². The average molecular weight is 296 g/mol. The van der Waals surface area contributed by atoms with Crippen molar-refractivity contribution < 1.29 is 9.72 Å². The minimum absolute atomic E-state index is 0.0714. The molecule has 0 spiro atoms. The zero-order valence-corrected chi connectivity index (χ0v) is 11.7. The molecule has 0 saturated heterocycles. The van der Waals surface area contributed by atoms with E-state index in [1.54, 1.807) is 43.5 Å². The molecule has 2 aromatic carbocycles. The molecule has 110 valence electrons. The molecule has 7 heteroatoms. The summed E-state index contributed by atoms with van der Waals surface area (Å²) in [5.74, 6) is -0.397. The van der Waals surface area contributed by atoms with Crippen molar-refractivity contribution >= 4 is 28.2 Å². The SMILES string of the molecule is Cc1ccc(C(=O)Nc2ccc3[nH]ncc3c2)cc1[N+](=O)[O-]. The van der Waals surface area contributed by atoms with Crippen molar-refractivity contribution in [2.75, 3.05) is 5.32 Å². The van der Waals surface area contributed by atoms with Crippen LogP contribution in [0, 0.1) is 17.0 Å². The number of carbonyl (C=O) groups is 1. The number of aromatic amines is 1. The van der Waals surface area contributed by atoms with Crippen LogP contribution in [0.3, 0.4) is 0 Å². The number of hydrogen-bond donors (Lipinski definition) is 2. The van der Waals surface area contributed by atoms with Crippen LogP contribution in [-0.2, 0) is 0 Å². The van der Waals surface area contributed by atoms with Gasteiger partial charge in [0.05, 0.1) is 16.6 Å². The number of carbonyl (C=O) groups excluding carboxylic acids is 1. The highest BCUT2D eigenvalue weighted by Gasteiger charge is 2.15. The summed E-state index contributed by atoms with van der Waals surface area (Å²) in [6.07, 6.45) is 1.65. The molecule has 0 fully saturated rings. The van der Waals surface area contributed by atoms with Gasteiger partial charge in [0.25, 0.3) is 11.6 Å². The molecule has 1 heterocycles. The van der Waals surface area contributed by atoms with Crippen LogP contribution < -0.4 is 5.32 Å². The first-order valence-electron chi connectivity index (χ1n) is 6.54. The van der Waals surface area contributed by atoms with E-state index in [0.717, 1.165) is 10.9 Å². The van der Waals surface area contributed by atoms with Crippen molar-refractivity contribution in [1.29, 1.82) is 0 Å². The van der Waals surface area contributed by atoms with E-state index in [4.69, 9.17) is 0 Å². The number of benzene rings is 2. The van der Waals surface area contributed by atoms with Crippen molar-refractivity contribution in [3.8, 4) is 0 Å². The quantitative estimate of drug-likeness (QED) is 0.573. The molecule has 22 heavy (non-hydrogen) atoms. The summed E-state index contributed by atoms with van der Waals surface area (Å²) in [7, 11) is 0. The second kappa shape index (κ2) is 5.28. The highest BCUT2D eigenvalue weighted by atomic mass is 16.6. The van der Waals surface area contributed by atoms with E-state index in [0.29, 0.717) is 11.3 Å². The molecular weight excluding hydrogens is 284 g/mol. The Morgan fingerprint density at radius 1 is 1.27 bits per heavy atom. The van der Waals surface area contributed by atoms with Gasteiger partial charge >= 0.3 is 0 Å². The third-order valence-electron chi connectivity index (χ3n) is 3.37. The number of nitro groups is 1. The van der Waals surface area contributed by atoms with Crippen molar-refractivity contribution in [1.82, 2.24) is 10.2 Å². The van der Waals surface area contributed by atoms with E-state index in [9.17, 15) is 14.9 Å². The molecule has 0 radical (unpaired) electrons. The van der Waals surface area contributed by atoms with Gasteiger partial charge in [0.1, 0.15) is 0 Å².